The van der Waals surface area contributed by atoms with Gasteiger partial charge in [-0.25, -0.2) is 0 Å². The highest BCUT2D eigenvalue weighted by Gasteiger charge is 2.26. The van der Waals surface area contributed by atoms with Crippen LogP contribution in [0, 0.1) is 0 Å². The number of carbonyl (C=O) groups excluding carboxylic acids is 2. The molecular formula is C18H26N2O3. The fourth-order valence-electron chi connectivity index (χ4n) is 3.10. The molecule has 0 saturated carbocycles. The molecule has 2 amide bonds. The number of methoxy groups -OCH3 is 1. The molecule has 1 saturated heterocycles. The summed E-state index contributed by atoms with van der Waals surface area (Å²) in [6.07, 6.45) is 3.66. The van der Waals surface area contributed by atoms with Gasteiger partial charge in [-0.1, -0.05) is 25.1 Å². The van der Waals surface area contributed by atoms with Crippen molar-refractivity contribution in [2.75, 3.05) is 20.2 Å². The Labute approximate surface area is 138 Å². The number of benzene rings is 1. The second-order valence-electron chi connectivity index (χ2n) is 5.88. The van der Waals surface area contributed by atoms with Crippen molar-refractivity contribution < 1.29 is 14.3 Å². The van der Waals surface area contributed by atoms with Gasteiger partial charge in [0.05, 0.1) is 13.5 Å². The Kier molecular flexibility index (Phi) is 6.44. The van der Waals surface area contributed by atoms with Crippen LogP contribution in [0.2, 0.25) is 0 Å². The minimum absolute atomic E-state index is 0.0166. The Bertz CT molecular complexity index is 545. The van der Waals surface area contributed by atoms with Gasteiger partial charge in [0, 0.05) is 31.1 Å². The van der Waals surface area contributed by atoms with Gasteiger partial charge in [-0.2, -0.15) is 0 Å². The van der Waals surface area contributed by atoms with Crippen LogP contribution >= 0.6 is 0 Å². The van der Waals surface area contributed by atoms with E-state index >= 15 is 0 Å². The molecule has 1 aromatic carbocycles. The standard InChI is InChI=1S/C18H26N2O3/c1-3-15(20-12-6-9-18(20)22)10-11-19-17(21)13-14-7-4-5-8-16(14)23-2/h4-5,7-8,15H,3,6,9-13H2,1-2H3,(H,19,21). The van der Waals surface area contributed by atoms with Gasteiger partial charge in [0.25, 0.3) is 0 Å². The van der Waals surface area contributed by atoms with Crippen LogP contribution in [0.5, 0.6) is 5.75 Å². The predicted molar refractivity (Wildman–Crippen MR) is 89.4 cm³/mol. The smallest absolute Gasteiger partial charge is 0.224 e. The molecule has 0 bridgehead atoms. The summed E-state index contributed by atoms with van der Waals surface area (Å²) in [5.74, 6) is 0.964. The summed E-state index contributed by atoms with van der Waals surface area (Å²) in [5.41, 5.74) is 0.884. The van der Waals surface area contributed by atoms with Gasteiger partial charge < -0.3 is 15.0 Å². The topological polar surface area (TPSA) is 58.6 Å². The van der Waals surface area contributed by atoms with Crippen molar-refractivity contribution in [2.24, 2.45) is 0 Å². The number of hydrogen-bond donors (Lipinski definition) is 1. The first-order chi connectivity index (χ1) is 11.2. The summed E-state index contributed by atoms with van der Waals surface area (Å²) in [4.78, 5) is 25.9. The molecule has 126 valence electrons. The third-order valence-corrected chi connectivity index (χ3v) is 4.37. The molecule has 1 aliphatic heterocycles. The first kappa shape index (κ1) is 17.3. The van der Waals surface area contributed by atoms with E-state index in [1.165, 1.54) is 0 Å². The normalized spacial score (nSPS) is 15.6. The van der Waals surface area contributed by atoms with Crippen molar-refractivity contribution in [1.82, 2.24) is 10.2 Å². The molecule has 1 atom stereocenters. The summed E-state index contributed by atoms with van der Waals surface area (Å²) < 4.78 is 5.26. The summed E-state index contributed by atoms with van der Waals surface area (Å²) in [7, 11) is 1.61. The molecule has 5 heteroatoms. The zero-order valence-corrected chi connectivity index (χ0v) is 14.0. The molecule has 1 unspecified atom stereocenters. The second kappa shape index (κ2) is 8.56. The Morgan fingerprint density at radius 2 is 2.17 bits per heavy atom. The number of amides is 2. The fourth-order valence-corrected chi connectivity index (χ4v) is 3.10. The van der Waals surface area contributed by atoms with E-state index in [4.69, 9.17) is 4.74 Å². The monoisotopic (exact) mass is 318 g/mol. The zero-order valence-electron chi connectivity index (χ0n) is 14.0. The Morgan fingerprint density at radius 3 is 2.83 bits per heavy atom. The highest BCUT2D eigenvalue weighted by molar-refractivity contribution is 5.79. The van der Waals surface area contributed by atoms with Gasteiger partial charge in [-0.05, 0) is 25.3 Å². The van der Waals surface area contributed by atoms with E-state index in [0.717, 1.165) is 37.1 Å². The van der Waals surface area contributed by atoms with E-state index in [9.17, 15) is 9.59 Å². The lowest BCUT2D eigenvalue weighted by Crippen LogP contribution is -2.38. The summed E-state index contributed by atoms with van der Waals surface area (Å²) in [5, 5.41) is 2.95. The van der Waals surface area contributed by atoms with E-state index in [1.807, 2.05) is 29.2 Å². The SMILES string of the molecule is CCC(CCNC(=O)Cc1ccccc1OC)N1CCCC1=O. The number of para-hydroxylation sites is 1. The van der Waals surface area contributed by atoms with Crippen LogP contribution in [-0.2, 0) is 16.0 Å². The molecule has 1 aliphatic rings. The molecular weight excluding hydrogens is 292 g/mol. The molecule has 2 rings (SSSR count). The lowest BCUT2D eigenvalue weighted by atomic mass is 10.1. The first-order valence-corrected chi connectivity index (χ1v) is 8.33. The van der Waals surface area contributed by atoms with Crippen LogP contribution in [0.4, 0.5) is 0 Å². The fraction of sp³-hybridized carbons (Fsp3) is 0.556. The van der Waals surface area contributed by atoms with Crippen LogP contribution in [-0.4, -0.2) is 43.0 Å². The van der Waals surface area contributed by atoms with E-state index in [1.54, 1.807) is 7.11 Å². The third kappa shape index (κ3) is 4.71. The van der Waals surface area contributed by atoms with Gasteiger partial charge in [-0.15, -0.1) is 0 Å². The van der Waals surface area contributed by atoms with Crippen LogP contribution < -0.4 is 10.1 Å². The molecule has 23 heavy (non-hydrogen) atoms. The number of carbonyl (C=O) groups is 2. The number of rotatable bonds is 8. The largest absolute Gasteiger partial charge is 0.496 e. The maximum Gasteiger partial charge on any atom is 0.224 e. The molecule has 1 N–H and O–H groups in total. The highest BCUT2D eigenvalue weighted by atomic mass is 16.5. The van der Waals surface area contributed by atoms with Crippen LogP contribution in [0.3, 0.4) is 0 Å². The van der Waals surface area contributed by atoms with Gasteiger partial charge in [0.1, 0.15) is 5.75 Å². The Hall–Kier alpha value is -2.04. The molecule has 5 nitrogen and oxygen atoms in total. The molecule has 0 aliphatic carbocycles. The summed E-state index contributed by atoms with van der Waals surface area (Å²) in [6.45, 7) is 3.54. The van der Waals surface area contributed by atoms with Gasteiger partial charge in [-0.3, -0.25) is 9.59 Å². The summed E-state index contributed by atoms with van der Waals surface area (Å²) in [6, 6.07) is 7.78. The van der Waals surface area contributed by atoms with E-state index in [-0.39, 0.29) is 17.9 Å². The van der Waals surface area contributed by atoms with E-state index in [0.29, 0.717) is 19.4 Å². The number of nitrogens with zero attached hydrogens (tertiary/aromatic N) is 1. The number of ether oxygens (including phenoxy) is 1. The third-order valence-electron chi connectivity index (χ3n) is 4.37. The Balaban J connectivity index is 1.78. The predicted octanol–water partition coefficient (Wildman–Crippen LogP) is 2.15. The van der Waals surface area contributed by atoms with Crippen molar-refractivity contribution in [2.45, 2.75) is 45.1 Å². The molecule has 1 heterocycles. The molecule has 0 aromatic heterocycles. The van der Waals surface area contributed by atoms with E-state index in [2.05, 4.69) is 12.2 Å². The Morgan fingerprint density at radius 1 is 1.39 bits per heavy atom. The second-order valence-corrected chi connectivity index (χ2v) is 5.88. The average Bonchev–Trinajstić information content (AvgIpc) is 2.98. The maximum absolute atomic E-state index is 12.1. The highest BCUT2D eigenvalue weighted by Crippen LogP contribution is 2.19. The molecule has 0 radical (unpaired) electrons. The van der Waals surface area contributed by atoms with Crippen molar-refractivity contribution >= 4 is 11.8 Å². The number of nitrogens with one attached hydrogen (secondary N) is 1. The molecule has 1 fully saturated rings. The van der Waals surface area contributed by atoms with Crippen molar-refractivity contribution in [3.8, 4) is 5.75 Å². The van der Waals surface area contributed by atoms with E-state index < -0.39 is 0 Å². The number of hydrogen-bond acceptors (Lipinski definition) is 3. The minimum atomic E-state index is -0.0166. The van der Waals surface area contributed by atoms with Gasteiger partial charge >= 0.3 is 0 Å². The minimum Gasteiger partial charge on any atom is -0.496 e. The molecule has 0 spiro atoms. The first-order valence-electron chi connectivity index (χ1n) is 8.33. The van der Waals surface area contributed by atoms with Crippen molar-refractivity contribution in [1.29, 1.82) is 0 Å². The van der Waals surface area contributed by atoms with Crippen LogP contribution in [0.15, 0.2) is 24.3 Å². The maximum atomic E-state index is 12.1. The van der Waals surface area contributed by atoms with Gasteiger partial charge in [0.15, 0.2) is 0 Å². The number of likely N-dealkylation sites (tertiary alicyclic amines) is 1. The lowest BCUT2D eigenvalue weighted by Gasteiger charge is -2.26. The van der Waals surface area contributed by atoms with Crippen molar-refractivity contribution in [3.05, 3.63) is 29.8 Å². The van der Waals surface area contributed by atoms with Crippen molar-refractivity contribution in [3.63, 3.8) is 0 Å². The zero-order chi connectivity index (χ0) is 16.7. The molecule has 1 aromatic rings. The lowest BCUT2D eigenvalue weighted by molar-refractivity contribution is -0.129. The van der Waals surface area contributed by atoms with Gasteiger partial charge in [0.2, 0.25) is 11.8 Å². The quantitative estimate of drug-likeness (QED) is 0.799. The average molecular weight is 318 g/mol. The summed E-state index contributed by atoms with van der Waals surface area (Å²) >= 11 is 0. The van der Waals surface area contributed by atoms with Crippen LogP contribution in [0.25, 0.3) is 0 Å². The van der Waals surface area contributed by atoms with Crippen LogP contribution in [0.1, 0.15) is 38.2 Å².